The Bertz CT molecular complexity index is 1040. The molecule has 2 aliphatic heterocycles. The van der Waals surface area contributed by atoms with E-state index in [1.807, 2.05) is 18.2 Å². The number of hydrogen-bond acceptors (Lipinski definition) is 7. The Morgan fingerprint density at radius 1 is 1.21 bits per heavy atom. The molecule has 0 aliphatic carbocycles. The first-order valence-electron chi connectivity index (χ1n) is 11.0. The maximum atomic E-state index is 13.4. The topological polar surface area (TPSA) is 85.9 Å². The van der Waals surface area contributed by atoms with Crippen LogP contribution in [0.15, 0.2) is 42.5 Å². The summed E-state index contributed by atoms with van der Waals surface area (Å²) >= 11 is 7.02. The highest BCUT2D eigenvalue weighted by Crippen LogP contribution is 2.25. The fraction of sp³-hybridized carbons (Fsp3) is 0.391. The summed E-state index contributed by atoms with van der Waals surface area (Å²) in [5.74, 6) is -1.03. The second-order valence-corrected chi connectivity index (χ2v) is 9.52. The lowest BCUT2D eigenvalue weighted by Gasteiger charge is -2.35. The summed E-state index contributed by atoms with van der Waals surface area (Å²) in [5, 5.41) is 5.69. The molecular weight excluding hydrogens is 481 g/mol. The minimum atomic E-state index is -0.563. The molecule has 2 heterocycles. The first kappa shape index (κ1) is 24.7. The van der Waals surface area contributed by atoms with Crippen molar-refractivity contribution in [2.45, 2.75) is 25.0 Å². The quantitative estimate of drug-likeness (QED) is 0.518. The minimum absolute atomic E-state index is 0.0690. The van der Waals surface area contributed by atoms with Gasteiger partial charge in [-0.05, 0) is 43.3 Å². The molecule has 2 saturated heterocycles. The van der Waals surface area contributed by atoms with Gasteiger partial charge in [0.05, 0.1) is 24.3 Å². The normalized spacial score (nSPS) is 21.2. The number of amides is 2. The molecular formula is C23H27ClFN5O3S. The number of rotatable bonds is 6. The number of ether oxygens (including phenoxy) is 1. The standard InChI is InChI=1S/C23H27ClFN5O3S/c1-29-21(23(32)27-16-6-7-18(25)17(24)12-16)13-19(28-34-29)22(31)26-14-15-4-2-3-5-20(15)30-8-10-33-11-9-30/h2-7,12,19,21,28H,8-11,13-14H2,1H3,(H,26,31)(H,27,32). The molecule has 34 heavy (non-hydrogen) atoms. The number of carbonyl (C=O) groups is 2. The van der Waals surface area contributed by atoms with Crippen molar-refractivity contribution in [1.29, 1.82) is 0 Å². The smallest absolute Gasteiger partial charge is 0.242 e. The van der Waals surface area contributed by atoms with Gasteiger partial charge in [-0.15, -0.1) is 0 Å². The molecule has 0 aromatic heterocycles. The highest BCUT2D eigenvalue weighted by molar-refractivity contribution is 7.95. The minimum Gasteiger partial charge on any atom is -0.378 e. The van der Waals surface area contributed by atoms with Gasteiger partial charge < -0.3 is 20.3 Å². The van der Waals surface area contributed by atoms with Crippen LogP contribution in [0.3, 0.4) is 0 Å². The number of para-hydroxylation sites is 1. The second kappa shape index (κ2) is 11.4. The van der Waals surface area contributed by atoms with E-state index in [9.17, 15) is 14.0 Å². The summed E-state index contributed by atoms with van der Waals surface area (Å²) in [5.41, 5.74) is 2.52. The number of halogens is 2. The summed E-state index contributed by atoms with van der Waals surface area (Å²) in [4.78, 5) is 28.1. The average molecular weight is 508 g/mol. The zero-order valence-electron chi connectivity index (χ0n) is 18.7. The van der Waals surface area contributed by atoms with Crippen molar-refractivity contribution in [2.24, 2.45) is 0 Å². The monoisotopic (exact) mass is 507 g/mol. The molecule has 2 fully saturated rings. The third-order valence-electron chi connectivity index (χ3n) is 5.84. The maximum Gasteiger partial charge on any atom is 0.242 e. The van der Waals surface area contributed by atoms with Crippen LogP contribution in [0.25, 0.3) is 0 Å². The largest absolute Gasteiger partial charge is 0.378 e. The summed E-state index contributed by atoms with van der Waals surface area (Å²) in [6, 6.07) is 10.9. The van der Waals surface area contributed by atoms with E-state index in [2.05, 4.69) is 26.3 Å². The molecule has 0 saturated carbocycles. The SMILES string of the molecule is CN1SNC(C(=O)NCc2ccccc2N2CCOCC2)CC1C(=O)Nc1ccc(F)c(Cl)c1. The van der Waals surface area contributed by atoms with Crippen LogP contribution < -0.4 is 20.3 Å². The van der Waals surface area contributed by atoms with Gasteiger partial charge in [0.1, 0.15) is 11.9 Å². The predicted molar refractivity (Wildman–Crippen MR) is 132 cm³/mol. The average Bonchev–Trinajstić information content (AvgIpc) is 2.85. The van der Waals surface area contributed by atoms with Crippen LogP contribution in [0, 0.1) is 5.82 Å². The van der Waals surface area contributed by atoms with Gasteiger partial charge in [-0.2, -0.15) is 0 Å². The molecule has 2 aliphatic rings. The summed E-state index contributed by atoms with van der Waals surface area (Å²) in [6.07, 6.45) is 0.279. The van der Waals surface area contributed by atoms with Gasteiger partial charge in [0, 0.05) is 43.1 Å². The van der Waals surface area contributed by atoms with Crippen LogP contribution in [-0.2, 0) is 20.9 Å². The Morgan fingerprint density at radius 3 is 2.74 bits per heavy atom. The van der Waals surface area contributed by atoms with Gasteiger partial charge in [0.2, 0.25) is 11.8 Å². The number of hydrogen-bond donors (Lipinski definition) is 3. The van der Waals surface area contributed by atoms with E-state index in [4.69, 9.17) is 16.3 Å². The Morgan fingerprint density at radius 2 is 1.97 bits per heavy atom. The van der Waals surface area contributed by atoms with Gasteiger partial charge in [-0.25, -0.2) is 13.4 Å². The van der Waals surface area contributed by atoms with E-state index in [1.54, 1.807) is 11.4 Å². The summed E-state index contributed by atoms with van der Waals surface area (Å²) in [7, 11) is 1.77. The number of morpholine rings is 1. The number of benzene rings is 2. The van der Waals surface area contributed by atoms with E-state index in [0.717, 1.165) is 24.3 Å². The molecule has 8 nitrogen and oxygen atoms in total. The van der Waals surface area contributed by atoms with Crippen molar-refractivity contribution in [3.63, 3.8) is 0 Å². The summed E-state index contributed by atoms with van der Waals surface area (Å²) in [6.45, 7) is 3.38. The van der Waals surface area contributed by atoms with Crippen molar-refractivity contribution in [3.05, 3.63) is 58.9 Å². The van der Waals surface area contributed by atoms with Crippen LogP contribution in [0.4, 0.5) is 15.8 Å². The van der Waals surface area contributed by atoms with E-state index in [-0.39, 0.29) is 23.3 Å². The van der Waals surface area contributed by atoms with Gasteiger partial charge in [-0.1, -0.05) is 29.8 Å². The molecule has 2 aromatic rings. The zero-order valence-corrected chi connectivity index (χ0v) is 20.3. The van der Waals surface area contributed by atoms with Crippen molar-refractivity contribution >= 4 is 46.9 Å². The highest BCUT2D eigenvalue weighted by atomic mass is 35.5. The lowest BCUT2D eigenvalue weighted by molar-refractivity contribution is -0.124. The molecule has 182 valence electrons. The van der Waals surface area contributed by atoms with Crippen molar-refractivity contribution < 1.29 is 18.7 Å². The maximum absolute atomic E-state index is 13.4. The molecule has 11 heteroatoms. The number of carbonyl (C=O) groups excluding carboxylic acids is 2. The van der Waals surface area contributed by atoms with Gasteiger partial charge >= 0.3 is 0 Å². The molecule has 3 N–H and O–H groups in total. The molecule has 0 radical (unpaired) electrons. The van der Waals surface area contributed by atoms with Crippen LogP contribution in [-0.4, -0.2) is 61.6 Å². The Kier molecular flexibility index (Phi) is 8.28. The molecule has 0 spiro atoms. The third kappa shape index (κ3) is 6.00. The van der Waals surface area contributed by atoms with Crippen molar-refractivity contribution in [1.82, 2.24) is 14.3 Å². The lowest BCUT2D eigenvalue weighted by Crippen LogP contribution is -2.54. The molecule has 2 aromatic carbocycles. The van der Waals surface area contributed by atoms with Gasteiger partial charge in [0.15, 0.2) is 0 Å². The lowest BCUT2D eigenvalue weighted by atomic mass is 10.1. The van der Waals surface area contributed by atoms with Gasteiger partial charge in [0.25, 0.3) is 0 Å². The van der Waals surface area contributed by atoms with Crippen molar-refractivity contribution in [2.75, 3.05) is 43.6 Å². The van der Waals surface area contributed by atoms with E-state index >= 15 is 0 Å². The van der Waals surface area contributed by atoms with E-state index in [0.29, 0.717) is 25.4 Å². The Balaban J connectivity index is 1.36. The van der Waals surface area contributed by atoms with E-state index in [1.165, 1.54) is 30.3 Å². The fourth-order valence-corrected chi connectivity index (χ4v) is 4.93. The number of likely N-dealkylation sites (N-methyl/N-ethyl adjacent to an activating group) is 1. The molecule has 4 rings (SSSR count). The number of nitrogens with zero attached hydrogens (tertiary/aromatic N) is 2. The Labute approximate surface area is 207 Å². The van der Waals surface area contributed by atoms with Crippen LogP contribution in [0.2, 0.25) is 5.02 Å². The van der Waals surface area contributed by atoms with Crippen LogP contribution >= 0.6 is 23.7 Å². The molecule has 2 unspecified atom stereocenters. The predicted octanol–water partition coefficient (Wildman–Crippen LogP) is 2.80. The molecule has 0 bridgehead atoms. The van der Waals surface area contributed by atoms with E-state index < -0.39 is 17.9 Å². The zero-order chi connectivity index (χ0) is 24.1. The second-order valence-electron chi connectivity index (χ2n) is 8.12. The third-order valence-corrected chi connectivity index (χ3v) is 7.06. The van der Waals surface area contributed by atoms with Crippen LogP contribution in [0.1, 0.15) is 12.0 Å². The first-order chi connectivity index (χ1) is 16.4. The first-order valence-corrected chi connectivity index (χ1v) is 12.2. The van der Waals surface area contributed by atoms with Crippen LogP contribution in [0.5, 0.6) is 0 Å². The fourth-order valence-electron chi connectivity index (χ4n) is 3.94. The van der Waals surface area contributed by atoms with Crippen molar-refractivity contribution in [3.8, 4) is 0 Å². The number of anilines is 2. The van der Waals surface area contributed by atoms with Gasteiger partial charge in [-0.3, -0.25) is 9.59 Å². The molecule has 2 atom stereocenters. The molecule has 2 amide bonds. The summed E-state index contributed by atoms with van der Waals surface area (Å²) < 4.78 is 23.7. The Hall–Kier alpha value is -2.37. The highest BCUT2D eigenvalue weighted by Gasteiger charge is 2.35. The number of nitrogens with one attached hydrogen (secondary N) is 3.